The van der Waals surface area contributed by atoms with Gasteiger partial charge in [-0.25, -0.2) is 17.7 Å². The minimum atomic E-state index is -3.47. The molecule has 11 heteroatoms. The monoisotopic (exact) mass is 385 g/mol. The second-order valence-electron chi connectivity index (χ2n) is 5.04. The van der Waals surface area contributed by atoms with Crippen molar-refractivity contribution in [3.63, 3.8) is 0 Å². The van der Waals surface area contributed by atoms with Gasteiger partial charge in [-0.1, -0.05) is 11.8 Å². The zero-order chi connectivity index (χ0) is 18.3. The molecule has 0 aliphatic heterocycles. The van der Waals surface area contributed by atoms with Gasteiger partial charge in [-0.2, -0.15) is 5.10 Å². The maximum Gasteiger partial charge on any atom is 0.257 e. The molecule has 0 aliphatic carbocycles. The van der Waals surface area contributed by atoms with Gasteiger partial charge in [0.1, 0.15) is 12.1 Å². The topological polar surface area (TPSA) is 117 Å². The van der Waals surface area contributed by atoms with Crippen LogP contribution in [0.15, 0.2) is 40.6 Å². The van der Waals surface area contributed by atoms with E-state index in [0.29, 0.717) is 23.2 Å². The Hall–Kier alpha value is -2.11. The van der Waals surface area contributed by atoms with Gasteiger partial charge in [-0.05, 0) is 24.3 Å². The van der Waals surface area contributed by atoms with Crippen LogP contribution in [0.5, 0.6) is 5.75 Å². The first kappa shape index (κ1) is 19.2. The van der Waals surface area contributed by atoms with Gasteiger partial charge in [0.05, 0.1) is 4.90 Å². The summed E-state index contributed by atoms with van der Waals surface area (Å²) in [6.45, 7) is 0.320. The van der Waals surface area contributed by atoms with Gasteiger partial charge in [0, 0.05) is 26.4 Å². The van der Waals surface area contributed by atoms with Crippen molar-refractivity contribution in [1.29, 1.82) is 0 Å². The Balaban J connectivity index is 1.72. The van der Waals surface area contributed by atoms with Crippen LogP contribution < -0.4 is 10.1 Å². The number of thioether (sulfide) groups is 1. The molecule has 0 saturated heterocycles. The molecule has 0 bridgehead atoms. The number of sulfonamides is 1. The second kappa shape index (κ2) is 8.83. The summed E-state index contributed by atoms with van der Waals surface area (Å²) in [6.07, 6.45) is 1.42. The molecule has 0 saturated carbocycles. The summed E-state index contributed by atoms with van der Waals surface area (Å²) in [7, 11) is -0.548. The maximum atomic E-state index is 11.9. The van der Waals surface area contributed by atoms with E-state index in [-0.39, 0.29) is 17.4 Å². The highest BCUT2D eigenvalue weighted by Crippen LogP contribution is 2.18. The highest BCUT2D eigenvalue weighted by molar-refractivity contribution is 7.99. The Kier molecular flexibility index (Phi) is 6.79. The highest BCUT2D eigenvalue weighted by Gasteiger charge is 2.16. The quantitative estimate of drug-likeness (QED) is 0.472. The fraction of sp³-hybridized carbons (Fsp3) is 0.357. The van der Waals surface area contributed by atoms with Gasteiger partial charge < -0.3 is 10.1 Å². The van der Waals surface area contributed by atoms with E-state index in [1.54, 1.807) is 0 Å². The van der Waals surface area contributed by atoms with Crippen molar-refractivity contribution in [2.24, 2.45) is 0 Å². The van der Waals surface area contributed by atoms with E-state index in [1.807, 2.05) is 0 Å². The molecular weight excluding hydrogens is 366 g/mol. The smallest absolute Gasteiger partial charge is 0.257 e. The van der Waals surface area contributed by atoms with E-state index in [0.717, 1.165) is 4.31 Å². The summed E-state index contributed by atoms with van der Waals surface area (Å²) in [4.78, 5) is 15.8. The Morgan fingerprint density at radius 3 is 2.64 bits per heavy atom. The van der Waals surface area contributed by atoms with Gasteiger partial charge >= 0.3 is 0 Å². The van der Waals surface area contributed by atoms with Crippen molar-refractivity contribution < 1.29 is 17.9 Å². The van der Waals surface area contributed by atoms with Crippen molar-refractivity contribution in [3.05, 3.63) is 30.6 Å². The van der Waals surface area contributed by atoms with Crippen LogP contribution in [0.2, 0.25) is 0 Å². The molecule has 1 heterocycles. The van der Waals surface area contributed by atoms with Gasteiger partial charge in [-0.15, -0.1) is 0 Å². The molecule has 136 valence electrons. The molecule has 1 aromatic heterocycles. The van der Waals surface area contributed by atoms with Crippen molar-refractivity contribution in [1.82, 2.24) is 24.8 Å². The number of hydrogen-bond acceptors (Lipinski definition) is 7. The fourth-order valence-corrected chi connectivity index (χ4v) is 3.26. The minimum Gasteiger partial charge on any atom is -0.484 e. The lowest BCUT2D eigenvalue weighted by Crippen LogP contribution is -2.30. The summed E-state index contributed by atoms with van der Waals surface area (Å²) >= 11 is 1.44. The Morgan fingerprint density at radius 1 is 1.32 bits per heavy atom. The normalized spacial score (nSPS) is 11.5. The lowest BCUT2D eigenvalue weighted by molar-refractivity contribution is -0.122. The number of nitrogens with zero attached hydrogens (tertiary/aromatic N) is 3. The molecule has 2 aromatic rings. The number of carbonyl (C=O) groups excluding carboxylic acids is 1. The van der Waals surface area contributed by atoms with Crippen LogP contribution in [0, 0.1) is 0 Å². The SMILES string of the molecule is CN(C)S(=O)(=O)c1ccc(OCC(=O)NCCSc2ncn[nH]2)cc1. The molecule has 0 spiro atoms. The summed E-state index contributed by atoms with van der Waals surface area (Å²) in [6, 6.07) is 5.92. The second-order valence-corrected chi connectivity index (χ2v) is 8.27. The number of aromatic nitrogens is 3. The molecule has 9 nitrogen and oxygen atoms in total. The lowest BCUT2D eigenvalue weighted by atomic mass is 10.3. The molecule has 2 rings (SSSR count). The molecule has 0 radical (unpaired) electrons. The molecule has 0 unspecified atom stereocenters. The first-order chi connectivity index (χ1) is 11.9. The fourth-order valence-electron chi connectivity index (χ4n) is 1.72. The number of rotatable bonds is 9. The van der Waals surface area contributed by atoms with Crippen LogP contribution in [0.25, 0.3) is 0 Å². The van der Waals surface area contributed by atoms with Crippen LogP contribution >= 0.6 is 11.8 Å². The number of carbonyl (C=O) groups is 1. The van der Waals surface area contributed by atoms with E-state index in [1.165, 1.54) is 56.5 Å². The number of hydrogen-bond donors (Lipinski definition) is 2. The van der Waals surface area contributed by atoms with E-state index >= 15 is 0 Å². The Labute approximate surface area is 150 Å². The number of H-pyrrole nitrogens is 1. The van der Waals surface area contributed by atoms with E-state index < -0.39 is 10.0 Å². The molecule has 0 fully saturated rings. The third-order valence-corrected chi connectivity index (χ3v) is 5.74. The van der Waals surface area contributed by atoms with Crippen LogP contribution in [-0.4, -0.2) is 66.8 Å². The third-order valence-electron chi connectivity index (χ3n) is 3.03. The largest absolute Gasteiger partial charge is 0.484 e. The summed E-state index contributed by atoms with van der Waals surface area (Å²) in [5.41, 5.74) is 0. The van der Waals surface area contributed by atoms with E-state index in [4.69, 9.17) is 4.74 Å². The van der Waals surface area contributed by atoms with Crippen LogP contribution in [-0.2, 0) is 14.8 Å². The predicted molar refractivity (Wildman–Crippen MR) is 92.9 cm³/mol. The first-order valence-corrected chi connectivity index (χ1v) is 9.72. The Morgan fingerprint density at radius 2 is 2.04 bits per heavy atom. The average Bonchev–Trinajstić information content (AvgIpc) is 3.10. The van der Waals surface area contributed by atoms with Gasteiger partial charge in [0.25, 0.3) is 5.91 Å². The van der Waals surface area contributed by atoms with Gasteiger partial charge in [0.2, 0.25) is 10.0 Å². The predicted octanol–water partition coefficient (Wildman–Crippen LogP) is 0.342. The molecular formula is C14H19N5O4S2. The van der Waals surface area contributed by atoms with Crippen molar-refractivity contribution >= 4 is 27.7 Å². The average molecular weight is 385 g/mol. The maximum absolute atomic E-state index is 11.9. The summed E-state index contributed by atoms with van der Waals surface area (Å²) < 4.78 is 30.4. The number of ether oxygens (including phenoxy) is 1. The molecule has 1 amide bonds. The molecule has 2 N–H and O–H groups in total. The first-order valence-electron chi connectivity index (χ1n) is 7.30. The molecule has 0 atom stereocenters. The van der Waals surface area contributed by atoms with Crippen LogP contribution in [0.4, 0.5) is 0 Å². The number of benzene rings is 1. The molecule has 0 aliphatic rings. The number of amides is 1. The zero-order valence-electron chi connectivity index (χ0n) is 13.8. The minimum absolute atomic E-state index is 0.146. The zero-order valence-corrected chi connectivity index (χ0v) is 15.4. The van der Waals surface area contributed by atoms with Crippen molar-refractivity contribution in [2.45, 2.75) is 10.1 Å². The van der Waals surface area contributed by atoms with Crippen molar-refractivity contribution in [2.75, 3.05) is 33.0 Å². The molecule has 25 heavy (non-hydrogen) atoms. The Bertz CT molecular complexity index is 776. The van der Waals surface area contributed by atoms with Crippen LogP contribution in [0.3, 0.4) is 0 Å². The number of nitrogens with one attached hydrogen (secondary N) is 2. The van der Waals surface area contributed by atoms with Crippen molar-refractivity contribution in [3.8, 4) is 5.75 Å². The molecule has 1 aromatic carbocycles. The summed E-state index contributed by atoms with van der Waals surface area (Å²) in [5, 5.41) is 9.85. The third kappa shape index (κ3) is 5.73. The van der Waals surface area contributed by atoms with E-state index in [2.05, 4.69) is 20.5 Å². The number of aromatic amines is 1. The highest BCUT2D eigenvalue weighted by atomic mass is 32.2. The van der Waals surface area contributed by atoms with Crippen LogP contribution in [0.1, 0.15) is 0 Å². The standard InChI is InChI=1S/C14H19N5O4S2/c1-19(2)25(21,22)12-5-3-11(4-6-12)23-9-13(20)15-7-8-24-14-16-10-17-18-14/h3-6,10H,7-9H2,1-2H3,(H,15,20)(H,16,17,18). The van der Waals surface area contributed by atoms with Gasteiger partial charge in [0.15, 0.2) is 11.8 Å². The van der Waals surface area contributed by atoms with E-state index in [9.17, 15) is 13.2 Å². The van der Waals surface area contributed by atoms with Gasteiger partial charge in [-0.3, -0.25) is 9.89 Å². The lowest BCUT2D eigenvalue weighted by Gasteiger charge is -2.12. The summed E-state index contributed by atoms with van der Waals surface area (Å²) in [5.74, 6) is 0.810.